The molecule has 0 saturated heterocycles. The average Bonchev–Trinajstić information content (AvgIpc) is 2.98. The van der Waals surface area contributed by atoms with E-state index < -0.39 is 11.2 Å². The van der Waals surface area contributed by atoms with E-state index >= 15 is 0 Å². The van der Waals surface area contributed by atoms with Gasteiger partial charge in [-0.3, -0.25) is 0 Å². The number of fused-ring (bicyclic) bond motifs is 5. The van der Waals surface area contributed by atoms with E-state index in [-0.39, 0.29) is 16.9 Å². The number of aliphatic hydroxyl groups is 3. The van der Waals surface area contributed by atoms with Crippen LogP contribution in [0.2, 0.25) is 0 Å². The first-order chi connectivity index (χ1) is 13.4. The summed E-state index contributed by atoms with van der Waals surface area (Å²) in [4.78, 5) is 0. The van der Waals surface area contributed by atoms with Gasteiger partial charge in [-0.15, -0.1) is 0 Å². The zero-order valence-corrected chi connectivity index (χ0v) is 19.4. The molecular weight excluding hydrogens is 360 g/mol. The van der Waals surface area contributed by atoms with Crippen LogP contribution in [0.25, 0.3) is 0 Å². The zero-order valence-electron chi connectivity index (χ0n) is 19.4. The second-order valence-electron chi connectivity index (χ2n) is 12.5. The monoisotopic (exact) mass is 404 g/mol. The molecule has 4 aliphatic carbocycles. The van der Waals surface area contributed by atoms with Crippen molar-refractivity contribution in [3.8, 4) is 0 Å². The first-order valence-electron chi connectivity index (χ1n) is 12.2. The normalized spacial score (nSPS) is 46.9. The lowest BCUT2D eigenvalue weighted by molar-refractivity contribution is -0.110. The van der Waals surface area contributed by atoms with Gasteiger partial charge >= 0.3 is 0 Å². The molecule has 0 bridgehead atoms. The molecule has 166 valence electrons. The quantitative estimate of drug-likeness (QED) is 0.562. The fourth-order valence-electron chi connectivity index (χ4n) is 8.40. The van der Waals surface area contributed by atoms with Crippen LogP contribution in [0, 0.1) is 34.5 Å². The van der Waals surface area contributed by atoms with Crippen molar-refractivity contribution in [1.29, 1.82) is 0 Å². The molecule has 3 saturated carbocycles. The van der Waals surface area contributed by atoms with E-state index in [0.29, 0.717) is 24.7 Å². The maximum atomic E-state index is 11.5. The minimum Gasteiger partial charge on any atom is -0.393 e. The van der Waals surface area contributed by atoms with Crippen molar-refractivity contribution in [2.24, 2.45) is 34.5 Å². The minimum atomic E-state index is -0.717. The van der Waals surface area contributed by atoms with Crippen molar-refractivity contribution >= 4 is 0 Å². The van der Waals surface area contributed by atoms with Gasteiger partial charge in [-0.1, -0.05) is 25.5 Å². The third kappa shape index (κ3) is 3.64. The van der Waals surface area contributed by atoms with Crippen molar-refractivity contribution in [3.05, 3.63) is 11.6 Å². The van der Waals surface area contributed by atoms with Crippen LogP contribution in [0.3, 0.4) is 0 Å². The molecule has 0 aromatic heterocycles. The highest BCUT2D eigenvalue weighted by Crippen LogP contribution is 2.67. The molecule has 0 unspecified atom stereocenters. The number of rotatable bonds is 4. The molecule has 3 N–H and O–H groups in total. The highest BCUT2D eigenvalue weighted by Gasteiger charge is 2.61. The molecule has 0 radical (unpaired) electrons. The Labute approximate surface area is 178 Å². The lowest BCUT2D eigenvalue weighted by Gasteiger charge is -2.59. The van der Waals surface area contributed by atoms with Gasteiger partial charge in [0.05, 0.1) is 17.3 Å². The molecule has 3 heteroatoms. The SMILES string of the molecule is CC(C)(O)CC[C@](C)(O)[C@H]1CC[C@H]2[C@@H]3CC=C4C[C@@H](O)CC[C@]4(C)[C@H]3CC[C@@]21C. The molecule has 4 aliphatic rings. The summed E-state index contributed by atoms with van der Waals surface area (Å²) < 4.78 is 0. The molecule has 3 fully saturated rings. The van der Waals surface area contributed by atoms with Gasteiger partial charge in [0.25, 0.3) is 0 Å². The topological polar surface area (TPSA) is 60.7 Å². The number of allylic oxidation sites excluding steroid dienone is 1. The Bertz CT molecular complexity index is 659. The minimum absolute atomic E-state index is 0.138. The zero-order chi connectivity index (χ0) is 21.2. The second kappa shape index (κ2) is 7.07. The summed E-state index contributed by atoms with van der Waals surface area (Å²) in [6.07, 6.45) is 12.7. The first-order valence-corrected chi connectivity index (χ1v) is 12.2. The summed E-state index contributed by atoms with van der Waals surface area (Å²) in [5, 5.41) is 31.9. The van der Waals surface area contributed by atoms with Crippen LogP contribution in [-0.4, -0.2) is 32.6 Å². The molecule has 0 heterocycles. The van der Waals surface area contributed by atoms with Crippen molar-refractivity contribution < 1.29 is 15.3 Å². The van der Waals surface area contributed by atoms with Crippen LogP contribution in [0.5, 0.6) is 0 Å². The Morgan fingerprint density at radius 2 is 1.69 bits per heavy atom. The highest BCUT2D eigenvalue weighted by molar-refractivity contribution is 5.25. The lowest BCUT2D eigenvalue weighted by Crippen LogP contribution is -2.53. The fourth-order valence-corrected chi connectivity index (χ4v) is 8.40. The molecule has 0 aromatic carbocycles. The van der Waals surface area contributed by atoms with Gasteiger partial charge in [-0.2, -0.15) is 0 Å². The van der Waals surface area contributed by atoms with Gasteiger partial charge in [0.15, 0.2) is 0 Å². The summed E-state index contributed by atoms with van der Waals surface area (Å²) in [5.74, 6) is 2.50. The molecule has 0 spiro atoms. The van der Waals surface area contributed by atoms with E-state index in [4.69, 9.17) is 0 Å². The van der Waals surface area contributed by atoms with E-state index in [1.54, 1.807) is 0 Å². The Morgan fingerprint density at radius 1 is 0.966 bits per heavy atom. The number of aliphatic hydroxyl groups excluding tert-OH is 1. The third-order valence-corrected chi connectivity index (χ3v) is 10.1. The van der Waals surface area contributed by atoms with Crippen molar-refractivity contribution in [2.45, 2.75) is 116 Å². The molecule has 8 atom stereocenters. The fraction of sp³-hybridized carbons (Fsp3) is 0.923. The molecule has 4 rings (SSSR count). The van der Waals surface area contributed by atoms with Gasteiger partial charge in [0.1, 0.15) is 0 Å². The van der Waals surface area contributed by atoms with Crippen LogP contribution >= 0.6 is 0 Å². The van der Waals surface area contributed by atoms with Crippen LogP contribution < -0.4 is 0 Å². The van der Waals surface area contributed by atoms with Crippen molar-refractivity contribution in [3.63, 3.8) is 0 Å². The smallest absolute Gasteiger partial charge is 0.0654 e. The summed E-state index contributed by atoms with van der Waals surface area (Å²) in [5.41, 5.74) is 0.606. The Morgan fingerprint density at radius 3 is 2.38 bits per heavy atom. The van der Waals surface area contributed by atoms with Crippen molar-refractivity contribution in [2.75, 3.05) is 0 Å². The highest BCUT2D eigenvalue weighted by atomic mass is 16.3. The summed E-state index contributed by atoms with van der Waals surface area (Å²) in [6.45, 7) is 10.7. The van der Waals surface area contributed by atoms with E-state index in [0.717, 1.165) is 37.5 Å². The van der Waals surface area contributed by atoms with Gasteiger partial charge in [-0.25, -0.2) is 0 Å². The standard InChI is InChI=1S/C26H44O3/c1-23(2,28)14-15-26(5,29)22-9-8-20-19-7-6-17-16-18(27)10-12-24(17,3)21(19)11-13-25(20,22)4/h6,18-22,27-29H,7-16H2,1-5H3/t18-,19-,20-,21-,22-,24-,25-,26-/m0/s1. The van der Waals surface area contributed by atoms with Crippen molar-refractivity contribution in [1.82, 2.24) is 0 Å². The van der Waals surface area contributed by atoms with Crippen LogP contribution in [0.15, 0.2) is 11.6 Å². The maximum absolute atomic E-state index is 11.5. The van der Waals surface area contributed by atoms with Crippen LogP contribution in [0.4, 0.5) is 0 Å². The summed E-state index contributed by atoms with van der Waals surface area (Å²) in [7, 11) is 0. The number of hydrogen-bond donors (Lipinski definition) is 3. The van der Waals surface area contributed by atoms with Gasteiger partial charge in [0, 0.05) is 0 Å². The van der Waals surface area contributed by atoms with E-state index in [2.05, 4.69) is 19.9 Å². The predicted molar refractivity (Wildman–Crippen MR) is 117 cm³/mol. The Balaban J connectivity index is 1.56. The molecule has 0 aromatic rings. The van der Waals surface area contributed by atoms with Gasteiger partial charge in [0.2, 0.25) is 0 Å². The molecule has 0 aliphatic heterocycles. The first kappa shape index (κ1) is 21.8. The number of hydrogen-bond acceptors (Lipinski definition) is 3. The summed E-state index contributed by atoms with van der Waals surface area (Å²) >= 11 is 0. The van der Waals surface area contributed by atoms with E-state index in [1.165, 1.54) is 31.3 Å². The molecule has 0 amide bonds. The van der Waals surface area contributed by atoms with E-state index in [1.807, 2.05) is 20.8 Å². The average molecular weight is 405 g/mol. The van der Waals surface area contributed by atoms with Gasteiger partial charge in [-0.05, 0) is 119 Å². The maximum Gasteiger partial charge on any atom is 0.0654 e. The Hall–Kier alpha value is -0.380. The lowest BCUT2D eigenvalue weighted by atomic mass is 9.46. The second-order valence-corrected chi connectivity index (χ2v) is 12.5. The largest absolute Gasteiger partial charge is 0.393 e. The van der Waals surface area contributed by atoms with Crippen LogP contribution in [-0.2, 0) is 0 Å². The summed E-state index contributed by atoms with van der Waals surface area (Å²) in [6, 6.07) is 0. The molecule has 3 nitrogen and oxygen atoms in total. The Kier molecular flexibility index (Phi) is 5.32. The molecule has 29 heavy (non-hydrogen) atoms. The third-order valence-electron chi connectivity index (χ3n) is 10.1. The van der Waals surface area contributed by atoms with E-state index in [9.17, 15) is 15.3 Å². The molecular formula is C26H44O3. The predicted octanol–water partition coefficient (Wildman–Crippen LogP) is 5.23. The van der Waals surface area contributed by atoms with Gasteiger partial charge < -0.3 is 15.3 Å². The van der Waals surface area contributed by atoms with Crippen LogP contribution in [0.1, 0.15) is 98.8 Å².